The van der Waals surface area contributed by atoms with Crippen molar-refractivity contribution >= 4 is 34.8 Å². The third kappa shape index (κ3) is 6.54. The van der Waals surface area contributed by atoms with Crippen molar-refractivity contribution in [2.45, 2.75) is 6.42 Å². The Hall–Kier alpha value is -1.52. The van der Waals surface area contributed by atoms with Crippen LogP contribution in [-0.4, -0.2) is 24.7 Å². The third-order valence-electron chi connectivity index (χ3n) is 3.10. The Bertz CT molecular complexity index is 631. The first kappa shape index (κ1) is 20.5. The fourth-order valence-corrected chi connectivity index (χ4v) is 2.28. The molecule has 0 amide bonds. The third-order valence-corrected chi connectivity index (χ3v) is 3.57. The summed E-state index contributed by atoms with van der Waals surface area (Å²) >= 11 is 11.7. The van der Waals surface area contributed by atoms with Crippen molar-refractivity contribution in [2.75, 3.05) is 13.1 Å². The van der Waals surface area contributed by atoms with Crippen LogP contribution in [0.5, 0.6) is 0 Å². The standard InChI is InChI=1S/C17H16Cl2N2O2.Fe/c18-14-2-4-16(22)12(8-14)10-20-6-1-7-21-11-13-9-15(19)3-5-17(13)23;/h2-5,8-11,20-21H,1,6-7H2;. The monoisotopic (exact) mass is 406 g/mol. The van der Waals surface area contributed by atoms with E-state index in [4.69, 9.17) is 23.2 Å². The summed E-state index contributed by atoms with van der Waals surface area (Å²) in [6.07, 6.45) is 13.4. The summed E-state index contributed by atoms with van der Waals surface area (Å²) in [5.41, 5.74) is 1.07. The molecule has 4 nitrogen and oxygen atoms in total. The molecule has 0 radical (unpaired) electrons. The van der Waals surface area contributed by atoms with Crippen LogP contribution in [0.3, 0.4) is 0 Å². The van der Waals surface area contributed by atoms with Crippen LogP contribution in [0.2, 0.25) is 0 Å². The van der Waals surface area contributed by atoms with Crippen LogP contribution in [0, 0.1) is 0 Å². The van der Waals surface area contributed by atoms with Crippen molar-refractivity contribution in [1.29, 1.82) is 0 Å². The molecule has 2 aliphatic rings. The van der Waals surface area contributed by atoms with Crippen LogP contribution in [0.25, 0.3) is 0 Å². The van der Waals surface area contributed by atoms with Gasteiger partial charge in [-0.05, 0) is 42.9 Å². The molecule has 0 fully saturated rings. The van der Waals surface area contributed by atoms with Gasteiger partial charge in [-0.2, -0.15) is 0 Å². The summed E-state index contributed by atoms with van der Waals surface area (Å²) in [4.78, 5) is 23.1. The van der Waals surface area contributed by atoms with Crippen LogP contribution in [0.15, 0.2) is 70.1 Å². The zero-order valence-corrected chi connectivity index (χ0v) is 15.3. The second-order valence-corrected chi connectivity index (χ2v) is 5.79. The molecule has 2 rings (SSSR count). The van der Waals surface area contributed by atoms with Gasteiger partial charge in [-0.3, -0.25) is 9.59 Å². The minimum atomic E-state index is -0.0720. The second-order valence-electron chi connectivity index (χ2n) is 4.91. The summed E-state index contributed by atoms with van der Waals surface area (Å²) in [7, 11) is 0. The number of nitrogens with one attached hydrogen (secondary N) is 2. The molecule has 2 aliphatic carbocycles. The van der Waals surface area contributed by atoms with Crippen molar-refractivity contribution in [3.05, 3.63) is 70.1 Å². The Labute approximate surface area is 161 Å². The van der Waals surface area contributed by atoms with Gasteiger partial charge in [0.25, 0.3) is 0 Å². The van der Waals surface area contributed by atoms with E-state index < -0.39 is 0 Å². The Balaban J connectivity index is 0.00000288. The van der Waals surface area contributed by atoms with Crippen LogP contribution < -0.4 is 10.6 Å². The zero-order chi connectivity index (χ0) is 16.7. The molecular weight excluding hydrogens is 391 g/mol. The molecule has 24 heavy (non-hydrogen) atoms. The molecule has 0 aromatic rings. The molecular formula is C17H16Cl2FeN2O2. The van der Waals surface area contributed by atoms with Gasteiger partial charge in [0.2, 0.25) is 0 Å². The molecule has 0 aromatic heterocycles. The van der Waals surface area contributed by atoms with E-state index in [1.54, 1.807) is 36.7 Å². The van der Waals surface area contributed by atoms with Gasteiger partial charge >= 0.3 is 0 Å². The van der Waals surface area contributed by atoms with Crippen molar-refractivity contribution in [3.63, 3.8) is 0 Å². The quantitative estimate of drug-likeness (QED) is 0.404. The summed E-state index contributed by atoms with van der Waals surface area (Å²) in [6.45, 7) is 1.37. The fourth-order valence-electron chi connectivity index (χ4n) is 1.92. The molecule has 7 heteroatoms. The maximum atomic E-state index is 11.6. The molecule has 0 aliphatic heterocycles. The summed E-state index contributed by atoms with van der Waals surface area (Å²) in [5.74, 6) is -0.144. The van der Waals surface area contributed by atoms with E-state index in [0.717, 1.165) is 6.42 Å². The van der Waals surface area contributed by atoms with Gasteiger partial charge in [0.05, 0.1) is 0 Å². The van der Waals surface area contributed by atoms with E-state index in [1.807, 2.05) is 0 Å². The minimum Gasteiger partial charge on any atom is -0.390 e. The van der Waals surface area contributed by atoms with E-state index >= 15 is 0 Å². The fraction of sp³-hybridized carbons (Fsp3) is 0.176. The van der Waals surface area contributed by atoms with Crippen molar-refractivity contribution in [3.8, 4) is 0 Å². The van der Waals surface area contributed by atoms with Gasteiger partial charge in [0.1, 0.15) is 0 Å². The number of carbonyl (C=O) groups excluding carboxylic acids is 2. The minimum absolute atomic E-state index is 0. The molecule has 0 heterocycles. The number of allylic oxidation sites excluding steroid dienone is 10. The number of carbonyl (C=O) groups is 2. The largest absolute Gasteiger partial charge is 0.390 e. The maximum Gasteiger partial charge on any atom is 0.187 e. The average Bonchev–Trinajstić information content (AvgIpc) is 2.52. The number of hydrogen-bond acceptors (Lipinski definition) is 4. The Morgan fingerprint density at radius 1 is 0.792 bits per heavy atom. The second kappa shape index (κ2) is 10.4. The normalized spacial score (nSPS) is 19.9. The SMILES string of the molecule is O=C1C=CC(Cl)=CC1=CNCCCNC=C1C=C(Cl)C=CC1=O.[Fe]. The first-order chi connectivity index (χ1) is 11.1. The molecule has 2 N–H and O–H groups in total. The predicted octanol–water partition coefficient (Wildman–Crippen LogP) is 2.84. The maximum absolute atomic E-state index is 11.6. The molecule has 128 valence electrons. The van der Waals surface area contributed by atoms with E-state index in [2.05, 4.69) is 10.6 Å². The first-order valence-corrected chi connectivity index (χ1v) is 7.88. The number of rotatable bonds is 6. The Morgan fingerprint density at radius 2 is 1.21 bits per heavy atom. The van der Waals surface area contributed by atoms with Crippen molar-refractivity contribution < 1.29 is 26.7 Å². The smallest absolute Gasteiger partial charge is 0.187 e. The average molecular weight is 407 g/mol. The molecule has 0 spiro atoms. The first-order valence-electron chi connectivity index (χ1n) is 7.12. The molecule has 0 atom stereocenters. The number of hydrogen-bond donors (Lipinski definition) is 2. The van der Waals surface area contributed by atoms with E-state index in [9.17, 15) is 9.59 Å². The van der Waals surface area contributed by atoms with Gasteiger partial charge in [0, 0.05) is 63.8 Å². The molecule has 0 saturated heterocycles. The molecule has 0 bridgehead atoms. The topological polar surface area (TPSA) is 58.2 Å². The van der Waals surface area contributed by atoms with Crippen LogP contribution >= 0.6 is 23.2 Å². The summed E-state index contributed by atoms with van der Waals surface area (Å²) in [5, 5.41) is 7.20. The Kier molecular flexibility index (Phi) is 8.86. The Morgan fingerprint density at radius 3 is 1.62 bits per heavy atom. The molecule has 0 unspecified atom stereocenters. The van der Waals surface area contributed by atoms with E-state index in [0.29, 0.717) is 34.3 Å². The van der Waals surface area contributed by atoms with Gasteiger partial charge in [-0.15, -0.1) is 0 Å². The number of halogens is 2. The van der Waals surface area contributed by atoms with Gasteiger partial charge in [-0.1, -0.05) is 23.2 Å². The number of ketones is 2. The van der Waals surface area contributed by atoms with Crippen LogP contribution in [0.4, 0.5) is 0 Å². The predicted molar refractivity (Wildman–Crippen MR) is 93.0 cm³/mol. The van der Waals surface area contributed by atoms with Gasteiger partial charge in [0.15, 0.2) is 11.6 Å². The van der Waals surface area contributed by atoms with E-state index in [-0.39, 0.29) is 28.6 Å². The van der Waals surface area contributed by atoms with Crippen LogP contribution in [0.1, 0.15) is 6.42 Å². The zero-order valence-electron chi connectivity index (χ0n) is 12.7. The molecule has 0 saturated carbocycles. The summed E-state index contributed by atoms with van der Waals surface area (Å²) in [6, 6.07) is 0. The van der Waals surface area contributed by atoms with Crippen molar-refractivity contribution in [2.24, 2.45) is 0 Å². The van der Waals surface area contributed by atoms with Crippen LogP contribution in [-0.2, 0) is 26.7 Å². The van der Waals surface area contributed by atoms with Gasteiger partial charge < -0.3 is 10.6 Å². The van der Waals surface area contributed by atoms with Crippen molar-refractivity contribution in [1.82, 2.24) is 10.6 Å². The summed E-state index contributed by atoms with van der Waals surface area (Å²) < 4.78 is 0. The van der Waals surface area contributed by atoms with Gasteiger partial charge in [-0.25, -0.2) is 0 Å². The van der Waals surface area contributed by atoms with E-state index in [1.165, 1.54) is 12.2 Å². The molecule has 0 aromatic carbocycles.